The van der Waals surface area contributed by atoms with Crippen LogP contribution in [0, 0.1) is 11.6 Å². The maximum Gasteiger partial charge on any atom is 0.433 e. The lowest BCUT2D eigenvalue weighted by Gasteiger charge is -2.13. The molecule has 0 bridgehead atoms. The first-order valence-corrected chi connectivity index (χ1v) is 11.0. The molecule has 0 fully saturated rings. The Kier molecular flexibility index (Phi) is 11.4. The number of benzene rings is 1. The fraction of sp³-hybridized carbons (Fsp3) is 0.391. The summed E-state index contributed by atoms with van der Waals surface area (Å²) >= 11 is 0. The zero-order valence-corrected chi connectivity index (χ0v) is 20.3. The van der Waals surface area contributed by atoms with Gasteiger partial charge in [0.1, 0.15) is 23.0 Å². The van der Waals surface area contributed by atoms with Crippen LogP contribution in [0.4, 0.5) is 39.5 Å². The normalized spacial score (nSPS) is 10.7. The average molecular weight is 501 g/mol. The van der Waals surface area contributed by atoms with Crippen LogP contribution in [-0.2, 0) is 12.8 Å². The second-order valence-electron chi connectivity index (χ2n) is 6.79. The van der Waals surface area contributed by atoms with Crippen molar-refractivity contribution in [2.75, 3.05) is 10.6 Å². The molecule has 12 heteroatoms. The maximum atomic E-state index is 13.5. The number of hydrogen-bond acceptors (Lipinski definition) is 7. The van der Waals surface area contributed by atoms with Gasteiger partial charge in [-0.1, -0.05) is 27.7 Å². The molecule has 2 aromatic heterocycles. The van der Waals surface area contributed by atoms with E-state index < -0.39 is 30.1 Å². The minimum absolute atomic E-state index is 0.00383. The molecule has 1 aromatic carbocycles. The third-order valence-electron chi connectivity index (χ3n) is 3.76. The van der Waals surface area contributed by atoms with E-state index in [1.165, 1.54) is 6.07 Å². The van der Waals surface area contributed by atoms with Gasteiger partial charge in [-0.25, -0.2) is 13.8 Å². The monoisotopic (exact) mass is 500 g/mol. The molecule has 192 valence electrons. The number of halogens is 5. The number of nitrogens with zero attached hydrogens (tertiary/aromatic N) is 4. The summed E-state index contributed by atoms with van der Waals surface area (Å²) in [7, 11) is 0. The van der Waals surface area contributed by atoms with Crippen LogP contribution in [0.2, 0.25) is 0 Å². The molecule has 0 atom stereocenters. The molecule has 0 aliphatic carbocycles. The van der Waals surface area contributed by atoms with Crippen molar-refractivity contribution in [3.8, 4) is 11.5 Å². The summed E-state index contributed by atoms with van der Waals surface area (Å²) in [6, 6.07) is 4.45. The minimum atomic E-state index is -4.76. The molecule has 0 aliphatic heterocycles. The summed E-state index contributed by atoms with van der Waals surface area (Å²) in [5.74, 6) is -2.10. The number of anilines is 3. The zero-order chi connectivity index (χ0) is 26.8. The van der Waals surface area contributed by atoms with E-state index in [-0.39, 0.29) is 40.7 Å². The molecule has 35 heavy (non-hydrogen) atoms. The Morgan fingerprint density at radius 2 is 1.40 bits per heavy atom. The third kappa shape index (κ3) is 9.04. The van der Waals surface area contributed by atoms with Crippen LogP contribution in [0.5, 0.6) is 0 Å². The van der Waals surface area contributed by atoms with Gasteiger partial charge in [0.05, 0.1) is 6.61 Å². The molecular weight excluding hydrogens is 471 g/mol. The SMILES string of the molecule is CC.CC.CC(C)Nc1nc(Nc2cc(F)cc(F)c2)nc(-c2cc(CO)cc(C(F)(F)F)n2)n1. The molecule has 3 rings (SSSR count). The van der Waals surface area contributed by atoms with Crippen LogP contribution in [0.15, 0.2) is 30.3 Å². The molecule has 7 nitrogen and oxygen atoms in total. The fourth-order valence-corrected chi connectivity index (χ4v) is 2.56. The number of aliphatic hydroxyl groups is 1. The van der Waals surface area contributed by atoms with E-state index >= 15 is 0 Å². The van der Waals surface area contributed by atoms with Crippen molar-refractivity contribution in [3.05, 3.63) is 53.2 Å². The van der Waals surface area contributed by atoms with Crippen LogP contribution in [0.3, 0.4) is 0 Å². The van der Waals surface area contributed by atoms with E-state index in [2.05, 4.69) is 30.6 Å². The molecule has 0 amide bonds. The highest BCUT2D eigenvalue weighted by Gasteiger charge is 2.33. The van der Waals surface area contributed by atoms with Gasteiger partial charge in [-0.05, 0) is 43.7 Å². The Balaban J connectivity index is 0.00000145. The molecule has 0 radical (unpaired) electrons. The predicted molar refractivity (Wildman–Crippen MR) is 125 cm³/mol. The van der Waals surface area contributed by atoms with E-state index in [9.17, 15) is 27.1 Å². The maximum absolute atomic E-state index is 13.5. The Morgan fingerprint density at radius 3 is 1.91 bits per heavy atom. The van der Waals surface area contributed by atoms with Crippen molar-refractivity contribution in [2.45, 2.75) is 60.4 Å². The third-order valence-corrected chi connectivity index (χ3v) is 3.76. The molecule has 2 heterocycles. The smallest absolute Gasteiger partial charge is 0.392 e. The average Bonchev–Trinajstić information content (AvgIpc) is 2.79. The van der Waals surface area contributed by atoms with Crippen molar-refractivity contribution >= 4 is 17.6 Å². The minimum Gasteiger partial charge on any atom is -0.392 e. The van der Waals surface area contributed by atoms with Crippen LogP contribution < -0.4 is 10.6 Å². The first-order valence-electron chi connectivity index (χ1n) is 11.0. The summed E-state index contributed by atoms with van der Waals surface area (Å²) < 4.78 is 66.6. The summed E-state index contributed by atoms with van der Waals surface area (Å²) in [6.07, 6.45) is -4.76. The number of nitrogens with one attached hydrogen (secondary N) is 2. The first-order chi connectivity index (χ1) is 16.5. The number of pyridine rings is 1. The van der Waals surface area contributed by atoms with Crippen LogP contribution in [0.1, 0.15) is 52.8 Å². The van der Waals surface area contributed by atoms with Gasteiger partial charge in [-0.3, -0.25) is 0 Å². The van der Waals surface area contributed by atoms with Gasteiger partial charge in [0.2, 0.25) is 11.9 Å². The number of rotatable bonds is 6. The summed E-state index contributed by atoms with van der Waals surface area (Å²) in [6.45, 7) is 10.9. The topological polar surface area (TPSA) is 95.9 Å². The van der Waals surface area contributed by atoms with E-state index in [0.29, 0.717) is 12.1 Å². The Labute approximate surface area is 200 Å². The first kappa shape index (κ1) is 29.6. The van der Waals surface area contributed by atoms with Crippen molar-refractivity contribution in [1.29, 1.82) is 0 Å². The molecule has 3 aromatic rings. The van der Waals surface area contributed by atoms with Gasteiger partial charge >= 0.3 is 6.18 Å². The quantitative estimate of drug-likeness (QED) is 0.340. The Bertz CT molecular complexity index is 1070. The van der Waals surface area contributed by atoms with Crippen molar-refractivity contribution in [2.24, 2.45) is 0 Å². The highest BCUT2D eigenvalue weighted by molar-refractivity contribution is 5.59. The van der Waals surface area contributed by atoms with E-state index in [4.69, 9.17) is 0 Å². The van der Waals surface area contributed by atoms with Gasteiger partial charge in [-0.2, -0.15) is 28.1 Å². The van der Waals surface area contributed by atoms with Gasteiger partial charge in [0, 0.05) is 17.8 Å². The van der Waals surface area contributed by atoms with Gasteiger partial charge in [0.15, 0.2) is 5.82 Å². The zero-order valence-electron chi connectivity index (χ0n) is 20.3. The fourth-order valence-electron chi connectivity index (χ4n) is 2.56. The molecule has 0 aliphatic rings. The lowest BCUT2D eigenvalue weighted by Crippen LogP contribution is -2.15. The van der Waals surface area contributed by atoms with Crippen molar-refractivity contribution < 1.29 is 27.1 Å². The van der Waals surface area contributed by atoms with Gasteiger partial charge in [-0.15, -0.1) is 0 Å². The summed E-state index contributed by atoms with van der Waals surface area (Å²) in [5, 5.41) is 14.8. The Morgan fingerprint density at radius 1 is 0.829 bits per heavy atom. The largest absolute Gasteiger partial charge is 0.433 e. The van der Waals surface area contributed by atoms with Crippen molar-refractivity contribution in [3.63, 3.8) is 0 Å². The standard InChI is InChI=1S/C19H17F5N6O.2C2H6/c1-9(2)25-17-28-16(14-3-10(8-31)4-15(27-14)19(22,23)24)29-18(30-17)26-13-6-11(20)5-12(21)7-13;2*1-2/h3-7,9,31H,8H2,1-2H3,(H2,25,26,28,29,30);2*1-2H3. The molecule has 0 unspecified atom stereocenters. The lowest BCUT2D eigenvalue weighted by atomic mass is 10.2. The predicted octanol–water partition coefficient (Wildman–Crippen LogP) is 6.34. The molecule has 0 spiro atoms. The number of aromatic nitrogens is 4. The second-order valence-corrected chi connectivity index (χ2v) is 6.79. The molecular formula is C23H29F5N6O. The van der Waals surface area contributed by atoms with E-state index in [0.717, 1.165) is 12.1 Å². The second kappa shape index (κ2) is 13.5. The summed E-state index contributed by atoms with van der Waals surface area (Å²) in [4.78, 5) is 15.8. The van der Waals surface area contributed by atoms with Gasteiger partial charge in [0.25, 0.3) is 0 Å². The highest BCUT2D eigenvalue weighted by Crippen LogP contribution is 2.30. The Hall–Kier alpha value is -3.41. The van der Waals surface area contributed by atoms with Crippen LogP contribution >= 0.6 is 0 Å². The van der Waals surface area contributed by atoms with Crippen LogP contribution in [0.25, 0.3) is 11.5 Å². The van der Waals surface area contributed by atoms with Gasteiger partial charge < -0.3 is 15.7 Å². The number of aliphatic hydroxyl groups excluding tert-OH is 1. The lowest BCUT2D eigenvalue weighted by molar-refractivity contribution is -0.141. The number of hydrogen-bond donors (Lipinski definition) is 3. The van der Waals surface area contributed by atoms with Crippen LogP contribution in [-0.4, -0.2) is 31.1 Å². The number of alkyl halides is 3. The molecule has 0 saturated carbocycles. The highest BCUT2D eigenvalue weighted by atomic mass is 19.4. The van der Waals surface area contributed by atoms with E-state index in [1.54, 1.807) is 13.8 Å². The molecule has 3 N–H and O–H groups in total. The van der Waals surface area contributed by atoms with Crippen molar-refractivity contribution in [1.82, 2.24) is 19.9 Å². The summed E-state index contributed by atoms with van der Waals surface area (Å²) in [5.41, 5.74) is -1.55. The van der Waals surface area contributed by atoms with E-state index in [1.807, 2.05) is 27.7 Å². The molecule has 0 saturated heterocycles.